The van der Waals surface area contributed by atoms with Gasteiger partial charge in [0.05, 0.1) is 21.3 Å². The van der Waals surface area contributed by atoms with Gasteiger partial charge in [-0.25, -0.2) is 0 Å². The summed E-state index contributed by atoms with van der Waals surface area (Å²) >= 11 is 0. The van der Waals surface area contributed by atoms with E-state index >= 15 is 0 Å². The Hall–Kier alpha value is -2.67. The molecule has 150 valence electrons. The van der Waals surface area contributed by atoms with Crippen molar-refractivity contribution < 1.29 is 24.1 Å². The molecule has 0 aliphatic rings. The van der Waals surface area contributed by atoms with Crippen molar-refractivity contribution >= 4 is 12.0 Å². The number of carbonyl (C=O) groups is 1. The molecule has 1 atom stereocenters. The maximum Gasteiger partial charge on any atom is 0.320 e. The Morgan fingerprint density at radius 2 is 1.78 bits per heavy atom. The van der Waals surface area contributed by atoms with Gasteiger partial charge in [-0.3, -0.25) is 4.79 Å². The number of nitrogens with one attached hydrogen (secondary N) is 2. The first-order valence-electron chi connectivity index (χ1n) is 8.84. The Morgan fingerprint density at radius 3 is 2.30 bits per heavy atom. The summed E-state index contributed by atoms with van der Waals surface area (Å²) in [5.41, 5.74) is 0.931. The molecule has 1 unspecified atom stereocenters. The lowest BCUT2D eigenvalue weighted by molar-refractivity contribution is -0.139. The number of benzene rings is 1. The van der Waals surface area contributed by atoms with Gasteiger partial charge in [-0.2, -0.15) is 0 Å². The molecule has 0 amide bonds. The molecule has 7 heteroatoms. The van der Waals surface area contributed by atoms with Crippen molar-refractivity contribution in [2.24, 2.45) is 0 Å². The van der Waals surface area contributed by atoms with Crippen LogP contribution in [0.15, 0.2) is 30.5 Å². The molecule has 0 saturated heterocycles. The molecule has 0 bridgehead atoms. The Morgan fingerprint density at radius 1 is 1.11 bits per heavy atom. The molecule has 0 saturated carbocycles. The lowest BCUT2D eigenvalue weighted by Crippen LogP contribution is -2.33. The highest BCUT2D eigenvalue weighted by Crippen LogP contribution is 2.38. The summed E-state index contributed by atoms with van der Waals surface area (Å²) in [6.07, 6.45) is 9.99. The van der Waals surface area contributed by atoms with Gasteiger partial charge in [-0.1, -0.05) is 12.2 Å². The van der Waals surface area contributed by atoms with Crippen LogP contribution in [0.5, 0.6) is 17.2 Å². The Labute approximate surface area is 161 Å². The molecule has 0 radical (unpaired) electrons. The number of carboxylic acid groups (broad SMARTS) is 1. The van der Waals surface area contributed by atoms with E-state index in [4.69, 9.17) is 19.3 Å². The van der Waals surface area contributed by atoms with Crippen LogP contribution in [-0.4, -0.2) is 52.0 Å². The topological polar surface area (TPSA) is 89.0 Å². The second kappa shape index (κ2) is 12.6. The van der Waals surface area contributed by atoms with Crippen molar-refractivity contribution in [3.63, 3.8) is 0 Å². The number of aliphatic carboxylic acids is 1. The standard InChI is InChI=1S/C20H30N2O5/c1-21-16(20(23)24)10-6-8-12-22-11-7-5-9-15-13-17(25-2)19(27-4)18(14-15)26-3/h5,7,9,11,13-14,16,21-22H,6,8,10,12H2,1-4H3,(H,23,24)/b9-5+,11-7+. The molecule has 0 heterocycles. The molecule has 0 aliphatic heterocycles. The van der Waals surface area contributed by atoms with Crippen molar-refractivity contribution in [3.05, 3.63) is 36.0 Å². The molecule has 27 heavy (non-hydrogen) atoms. The molecule has 3 N–H and O–H groups in total. The zero-order chi connectivity index (χ0) is 20.1. The summed E-state index contributed by atoms with van der Waals surface area (Å²) in [7, 11) is 6.42. The van der Waals surface area contributed by atoms with Gasteiger partial charge in [0, 0.05) is 6.54 Å². The van der Waals surface area contributed by atoms with E-state index in [1.54, 1.807) is 28.4 Å². The van der Waals surface area contributed by atoms with Gasteiger partial charge in [-0.05, 0) is 56.3 Å². The average Bonchev–Trinajstić information content (AvgIpc) is 2.68. The van der Waals surface area contributed by atoms with Crippen molar-refractivity contribution in [3.8, 4) is 17.2 Å². The summed E-state index contributed by atoms with van der Waals surface area (Å²) in [6.45, 7) is 0.796. The minimum atomic E-state index is -0.803. The Bertz CT molecular complexity index is 618. The minimum absolute atomic E-state index is 0.470. The van der Waals surface area contributed by atoms with E-state index < -0.39 is 12.0 Å². The highest BCUT2D eigenvalue weighted by atomic mass is 16.5. The van der Waals surface area contributed by atoms with Crippen LogP contribution in [0.1, 0.15) is 24.8 Å². The number of likely N-dealkylation sites (N-methyl/N-ethyl adjacent to an activating group) is 1. The zero-order valence-corrected chi connectivity index (χ0v) is 16.5. The molecular weight excluding hydrogens is 348 g/mol. The van der Waals surface area contributed by atoms with Gasteiger partial charge in [0.25, 0.3) is 0 Å². The number of rotatable bonds is 13. The highest BCUT2D eigenvalue weighted by molar-refractivity contribution is 5.73. The predicted molar refractivity (Wildman–Crippen MR) is 107 cm³/mol. The first-order valence-corrected chi connectivity index (χ1v) is 8.84. The number of carboxylic acids is 1. The van der Waals surface area contributed by atoms with Gasteiger partial charge in [0.15, 0.2) is 11.5 Å². The van der Waals surface area contributed by atoms with Gasteiger partial charge in [0.2, 0.25) is 5.75 Å². The van der Waals surface area contributed by atoms with Gasteiger partial charge in [0.1, 0.15) is 6.04 Å². The van der Waals surface area contributed by atoms with E-state index in [-0.39, 0.29) is 0 Å². The second-order valence-electron chi connectivity index (χ2n) is 5.81. The normalized spacial score (nSPS) is 12.3. The molecule has 1 rings (SSSR count). The van der Waals surface area contributed by atoms with Gasteiger partial charge < -0.3 is 30.0 Å². The third-order valence-corrected chi connectivity index (χ3v) is 4.01. The molecule has 0 aliphatic carbocycles. The molecule has 0 aromatic heterocycles. The fourth-order valence-corrected chi connectivity index (χ4v) is 2.54. The lowest BCUT2D eigenvalue weighted by Gasteiger charge is -2.12. The molecule has 0 spiro atoms. The van der Waals surface area contributed by atoms with E-state index in [1.807, 2.05) is 36.6 Å². The summed E-state index contributed by atoms with van der Waals surface area (Å²) < 4.78 is 16.0. The molecule has 1 aromatic carbocycles. The Kier molecular flexibility index (Phi) is 10.5. The predicted octanol–water partition coefficient (Wildman–Crippen LogP) is 2.67. The maximum absolute atomic E-state index is 10.9. The van der Waals surface area contributed by atoms with Crippen molar-refractivity contribution in [2.75, 3.05) is 34.9 Å². The quantitative estimate of drug-likeness (QED) is 0.359. The zero-order valence-electron chi connectivity index (χ0n) is 16.5. The number of hydrogen-bond donors (Lipinski definition) is 3. The fourth-order valence-electron chi connectivity index (χ4n) is 2.54. The van der Waals surface area contributed by atoms with Crippen molar-refractivity contribution in [1.82, 2.24) is 10.6 Å². The van der Waals surface area contributed by atoms with Crippen LogP contribution in [0, 0.1) is 0 Å². The molecule has 7 nitrogen and oxygen atoms in total. The summed E-state index contributed by atoms with van der Waals surface area (Å²) in [4.78, 5) is 10.9. The molecule has 1 aromatic rings. The van der Waals surface area contributed by atoms with Crippen LogP contribution in [0.2, 0.25) is 0 Å². The van der Waals surface area contributed by atoms with E-state index in [2.05, 4.69) is 10.6 Å². The summed E-state index contributed by atoms with van der Waals surface area (Å²) in [5.74, 6) is 0.986. The minimum Gasteiger partial charge on any atom is -0.493 e. The van der Waals surface area contributed by atoms with E-state index in [0.29, 0.717) is 23.7 Å². The number of hydrogen-bond acceptors (Lipinski definition) is 6. The highest BCUT2D eigenvalue weighted by Gasteiger charge is 2.13. The third kappa shape index (κ3) is 7.62. The summed E-state index contributed by atoms with van der Waals surface area (Å²) in [6, 6.07) is 3.28. The number of ether oxygens (including phenoxy) is 3. The van der Waals surface area contributed by atoms with Crippen LogP contribution >= 0.6 is 0 Å². The fraction of sp³-hybridized carbons (Fsp3) is 0.450. The van der Waals surface area contributed by atoms with Crippen LogP contribution in [0.4, 0.5) is 0 Å². The largest absolute Gasteiger partial charge is 0.493 e. The first kappa shape index (κ1) is 22.4. The molecular formula is C20H30N2O5. The van der Waals surface area contributed by atoms with Crippen LogP contribution in [0.3, 0.4) is 0 Å². The number of allylic oxidation sites excluding steroid dienone is 2. The van der Waals surface area contributed by atoms with Crippen LogP contribution in [0.25, 0.3) is 6.08 Å². The number of methoxy groups -OCH3 is 3. The SMILES string of the molecule is CNC(CCCCN/C=C/C=C/c1cc(OC)c(OC)c(OC)c1)C(=O)O. The summed E-state index contributed by atoms with van der Waals surface area (Å²) in [5, 5.41) is 14.9. The van der Waals surface area contributed by atoms with Crippen LogP contribution < -0.4 is 24.8 Å². The molecule has 0 fully saturated rings. The van der Waals surface area contributed by atoms with E-state index in [9.17, 15) is 4.79 Å². The van der Waals surface area contributed by atoms with E-state index in [1.165, 1.54) is 0 Å². The monoisotopic (exact) mass is 378 g/mol. The van der Waals surface area contributed by atoms with Crippen molar-refractivity contribution in [2.45, 2.75) is 25.3 Å². The number of unbranched alkanes of at least 4 members (excludes halogenated alkanes) is 1. The van der Waals surface area contributed by atoms with Crippen LogP contribution in [-0.2, 0) is 4.79 Å². The van der Waals surface area contributed by atoms with Gasteiger partial charge >= 0.3 is 5.97 Å². The van der Waals surface area contributed by atoms with Crippen molar-refractivity contribution in [1.29, 1.82) is 0 Å². The maximum atomic E-state index is 10.9. The Balaban J connectivity index is 2.43. The second-order valence-corrected chi connectivity index (χ2v) is 5.81. The first-order chi connectivity index (χ1) is 13.1. The lowest BCUT2D eigenvalue weighted by atomic mass is 10.1. The third-order valence-electron chi connectivity index (χ3n) is 4.01. The van der Waals surface area contributed by atoms with Gasteiger partial charge in [-0.15, -0.1) is 0 Å². The average molecular weight is 378 g/mol. The smallest absolute Gasteiger partial charge is 0.320 e. The van der Waals surface area contributed by atoms with E-state index in [0.717, 1.165) is 24.9 Å².